The maximum atomic E-state index is 5.89. The summed E-state index contributed by atoms with van der Waals surface area (Å²) in [6, 6.07) is 7.46. The quantitative estimate of drug-likeness (QED) is 0.695. The molecule has 2 nitrogen and oxygen atoms in total. The molecule has 0 atom stereocenters. The molecule has 0 unspecified atom stereocenters. The fraction of sp³-hybridized carbons (Fsp3) is 0.100. The Morgan fingerprint density at radius 2 is 2.23 bits per heavy atom. The summed E-state index contributed by atoms with van der Waals surface area (Å²) in [5.74, 6) is 0.711. The summed E-state index contributed by atoms with van der Waals surface area (Å²) in [6.07, 6.45) is 1.73. The first-order valence-electron chi connectivity index (χ1n) is 3.89. The monoisotopic (exact) mass is 193 g/mol. The van der Waals surface area contributed by atoms with Gasteiger partial charge in [-0.05, 0) is 12.1 Å². The zero-order chi connectivity index (χ0) is 9.26. The molecule has 0 saturated carbocycles. The highest BCUT2D eigenvalue weighted by Gasteiger charge is 2.03. The van der Waals surface area contributed by atoms with Gasteiger partial charge < -0.3 is 4.74 Å². The van der Waals surface area contributed by atoms with Gasteiger partial charge in [0.05, 0.1) is 7.11 Å². The topological polar surface area (TPSA) is 22.1 Å². The minimum Gasteiger partial charge on any atom is -0.494 e. The van der Waals surface area contributed by atoms with Crippen molar-refractivity contribution in [3.63, 3.8) is 0 Å². The van der Waals surface area contributed by atoms with E-state index in [-0.39, 0.29) is 0 Å². The van der Waals surface area contributed by atoms with E-state index in [1.807, 2.05) is 18.2 Å². The fourth-order valence-electron chi connectivity index (χ4n) is 1.28. The van der Waals surface area contributed by atoms with E-state index in [9.17, 15) is 0 Å². The Morgan fingerprint density at radius 3 is 3.00 bits per heavy atom. The van der Waals surface area contributed by atoms with Crippen LogP contribution in [0, 0.1) is 0 Å². The Morgan fingerprint density at radius 1 is 1.38 bits per heavy atom. The van der Waals surface area contributed by atoms with Gasteiger partial charge in [-0.1, -0.05) is 17.7 Å². The second-order valence-corrected chi connectivity index (χ2v) is 3.12. The van der Waals surface area contributed by atoms with E-state index in [2.05, 4.69) is 4.98 Å². The number of rotatable bonds is 1. The van der Waals surface area contributed by atoms with Crippen LogP contribution in [0.25, 0.3) is 10.9 Å². The van der Waals surface area contributed by atoms with Crippen molar-refractivity contribution >= 4 is 22.5 Å². The molecule has 2 rings (SSSR count). The van der Waals surface area contributed by atoms with E-state index < -0.39 is 0 Å². The maximum Gasteiger partial charge on any atom is 0.146 e. The van der Waals surface area contributed by atoms with Crippen LogP contribution in [0.2, 0.25) is 5.02 Å². The molecule has 0 radical (unpaired) electrons. The molecule has 3 heteroatoms. The predicted molar refractivity (Wildman–Crippen MR) is 53.3 cm³/mol. The van der Waals surface area contributed by atoms with Crippen LogP contribution in [0.4, 0.5) is 0 Å². The molecule has 1 aromatic heterocycles. The van der Waals surface area contributed by atoms with Crippen molar-refractivity contribution in [2.24, 2.45) is 0 Å². The third-order valence-corrected chi connectivity index (χ3v) is 2.07. The summed E-state index contributed by atoms with van der Waals surface area (Å²) < 4.78 is 5.16. The molecule has 0 saturated heterocycles. The molecule has 0 aliphatic rings. The van der Waals surface area contributed by atoms with Crippen molar-refractivity contribution in [3.8, 4) is 5.75 Å². The number of benzene rings is 1. The molecule has 1 aromatic carbocycles. The lowest BCUT2D eigenvalue weighted by molar-refractivity contribution is 0.419. The Labute approximate surface area is 81.1 Å². The number of aromatic nitrogens is 1. The van der Waals surface area contributed by atoms with Crippen LogP contribution >= 0.6 is 11.6 Å². The Hall–Kier alpha value is -1.28. The van der Waals surface area contributed by atoms with Crippen LogP contribution in [0.5, 0.6) is 5.75 Å². The number of hydrogen-bond acceptors (Lipinski definition) is 2. The van der Waals surface area contributed by atoms with Gasteiger partial charge >= 0.3 is 0 Å². The summed E-state index contributed by atoms with van der Waals surface area (Å²) >= 11 is 5.89. The van der Waals surface area contributed by atoms with Crippen molar-refractivity contribution in [1.82, 2.24) is 4.98 Å². The van der Waals surface area contributed by atoms with E-state index in [4.69, 9.17) is 16.3 Å². The van der Waals surface area contributed by atoms with Gasteiger partial charge in [-0.25, -0.2) is 0 Å². The number of methoxy groups -OCH3 is 1. The summed E-state index contributed by atoms with van der Waals surface area (Å²) in [5.41, 5.74) is 0.842. The molecule has 66 valence electrons. The van der Waals surface area contributed by atoms with E-state index >= 15 is 0 Å². The van der Waals surface area contributed by atoms with Crippen LogP contribution in [-0.2, 0) is 0 Å². The van der Waals surface area contributed by atoms with Gasteiger partial charge in [0.1, 0.15) is 11.3 Å². The van der Waals surface area contributed by atoms with E-state index in [0.29, 0.717) is 10.8 Å². The van der Waals surface area contributed by atoms with Gasteiger partial charge in [-0.15, -0.1) is 0 Å². The lowest BCUT2D eigenvalue weighted by atomic mass is 10.2. The molecular weight excluding hydrogens is 186 g/mol. The molecule has 0 aliphatic carbocycles. The fourth-order valence-corrected chi connectivity index (χ4v) is 1.50. The maximum absolute atomic E-state index is 5.89. The Bertz CT molecular complexity index is 442. The molecule has 0 bridgehead atoms. The number of nitrogens with zero attached hydrogens (tertiary/aromatic N) is 1. The molecule has 13 heavy (non-hydrogen) atoms. The number of halogens is 1. The Kier molecular flexibility index (Phi) is 2.07. The van der Waals surface area contributed by atoms with Crippen LogP contribution in [-0.4, -0.2) is 12.1 Å². The molecule has 1 heterocycles. The first-order chi connectivity index (χ1) is 6.31. The smallest absolute Gasteiger partial charge is 0.146 e. The minimum atomic E-state index is 0.664. The van der Waals surface area contributed by atoms with Gasteiger partial charge in [0.15, 0.2) is 0 Å². The molecule has 0 N–H and O–H groups in total. The molecule has 0 amide bonds. The van der Waals surface area contributed by atoms with Crippen LogP contribution < -0.4 is 4.74 Å². The van der Waals surface area contributed by atoms with Gasteiger partial charge in [-0.2, -0.15) is 0 Å². The lowest BCUT2D eigenvalue weighted by Crippen LogP contribution is -1.86. The van der Waals surface area contributed by atoms with E-state index in [0.717, 1.165) is 10.9 Å². The number of pyridine rings is 1. The standard InChI is InChI=1S/C10H8ClNO/c1-13-9-6-8(11)5-7-3-2-4-12-10(7)9/h2-6H,1H3. The summed E-state index contributed by atoms with van der Waals surface area (Å²) in [5, 5.41) is 1.66. The number of ether oxygens (including phenoxy) is 1. The van der Waals surface area contributed by atoms with Crippen LogP contribution in [0.1, 0.15) is 0 Å². The average Bonchev–Trinajstić information content (AvgIpc) is 2.16. The average molecular weight is 194 g/mol. The SMILES string of the molecule is COc1cc(Cl)cc2cccnc12. The third-order valence-electron chi connectivity index (χ3n) is 1.85. The van der Waals surface area contributed by atoms with Crippen molar-refractivity contribution in [3.05, 3.63) is 35.5 Å². The molecule has 0 aliphatic heterocycles. The summed E-state index contributed by atoms with van der Waals surface area (Å²) in [6.45, 7) is 0. The first kappa shape index (κ1) is 8.32. The molecular formula is C10H8ClNO. The zero-order valence-corrected chi connectivity index (χ0v) is 7.88. The van der Waals surface area contributed by atoms with Crippen molar-refractivity contribution < 1.29 is 4.74 Å². The van der Waals surface area contributed by atoms with Crippen LogP contribution in [0.15, 0.2) is 30.5 Å². The number of hydrogen-bond donors (Lipinski definition) is 0. The molecule has 0 fully saturated rings. The molecule has 0 spiro atoms. The van der Waals surface area contributed by atoms with Crippen molar-refractivity contribution in [2.45, 2.75) is 0 Å². The van der Waals surface area contributed by atoms with Crippen molar-refractivity contribution in [2.75, 3.05) is 7.11 Å². The zero-order valence-electron chi connectivity index (χ0n) is 7.12. The summed E-state index contributed by atoms with van der Waals surface area (Å²) in [7, 11) is 1.61. The predicted octanol–water partition coefficient (Wildman–Crippen LogP) is 2.90. The Balaban J connectivity index is 2.81. The second kappa shape index (κ2) is 3.23. The van der Waals surface area contributed by atoms with Gasteiger partial charge in [0.25, 0.3) is 0 Å². The van der Waals surface area contributed by atoms with Gasteiger partial charge in [0.2, 0.25) is 0 Å². The minimum absolute atomic E-state index is 0.664. The summed E-state index contributed by atoms with van der Waals surface area (Å²) in [4.78, 5) is 4.21. The second-order valence-electron chi connectivity index (χ2n) is 2.68. The largest absolute Gasteiger partial charge is 0.494 e. The first-order valence-corrected chi connectivity index (χ1v) is 4.27. The molecule has 2 aromatic rings. The van der Waals surface area contributed by atoms with Gasteiger partial charge in [-0.3, -0.25) is 4.98 Å². The van der Waals surface area contributed by atoms with Crippen molar-refractivity contribution in [1.29, 1.82) is 0 Å². The highest BCUT2D eigenvalue weighted by atomic mass is 35.5. The van der Waals surface area contributed by atoms with E-state index in [1.165, 1.54) is 0 Å². The number of fused-ring (bicyclic) bond motifs is 1. The van der Waals surface area contributed by atoms with Gasteiger partial charge in [0, 0.05) is 22.7 Å². The normalized spacial score (nSPS) is 10.3. The highest BCUT2D eigenvalue weighted by molar-refractivity contribution is 6.31. The van der Waals surface area contributed by atoms with Crippen LogP contribution in [0.3, 0.4) is 0 Å². The highest BCUT2D eigenvalue weighted by Crippen LogP contribution is 2.27. The van der Waals surface area contributed by atoms with E-state index in [1.54, 1.807) is 19.4 Å². The third kappa shape index (κ3) is 1.45. The lowest BCUT2D eigenvalue weighted by Gasteiger charge is -2.04.